The zero-order valence-electron chi connectivity index (χ0n) is 14.5. The summed E-state index contributed by atoms with van der Waals surface area (Å²) < 4.78 is 2.65. The SMILES string of the molecule is C#CCn1c(=NC(=O)c2ccc3c(c2)CCCC3)sc2ccc(Cl)c(Cl)c21. The van der Waals surface area contributed by atoms with Crippen LogP contribution in [0.25, 0.3) is 10.2 Å². The van der Waals surface area contributed by atoms with Crippen LogP contribution in [0.15, 0.2) is 35.3 Å². The molecule has 6 heteroatoms. The largest absolute Gasteiger partial charge is 0.303 e. The van der Waals surface area contributed by atoms with Gasteiger partial charge in [0.1, 0.15) is 0 Å². The standard InChI is InChI=1S/C21H16Cl2N2OS/c1-2-11-25-19-17(10-9-16(22)18(19)23)27-21(25)24-20(26)15-8-7-13-5-3-4-6-14(13)12-15/h1,7-10,12H,3-6,11H2. The van der Waals surface area contributed by atoms with E-state index in [0.29, 0.717) is 25.9 Å². The average molecular weight is 415 g/mol. The normalized spacial score (nSPS) is 14.2. The highest BCUT2D eigenvalue weighted by atomic mass is 35.5. The topological polar surface area (TPSA) is 34.4 Å². The second-order valence-corrected chi connectivity index (χ2v) is 8.28. The molecule has 0 saturated heterocycles. The molecule has 0 bridgehead atoms. The average Bonchev–Trinajstić information content (AvgIpc) is 3.02. The first-order chi connectivity index (χ1) is 13.1. The Morgan fingerprint density at radius 3 is 2.74 bits per heavy atom. The van der Waals surface area contributed by atoms with Gasteiger partial charge in [0.25, 0.3) is 5.91 Å². The van der Waals surface area contributed by atoms with Gasteiger partial charge in [0, 0.05) is 5.56 Å². The summed E-state index contributed by atoms with van der Waals surface area (Å²) in [4.78, 5) is 17.7. The number of thiazole rings is 1. The van der Waals surface area contributed by atoms with E-state index in [1.54, 1.807) is 10.6 Å². The van der Waals surface area contributed by atoms with Crippen molar-refractivity contribution in [3.63, 3.8) is 0 Å². The number of aromatic nitrogens is 1. The summed E-state index contributed by atoms with van der Waals surface area (Å²) >= 11 is 13.9. The van der Waals surface area contributed by atoms with Crippen LogP contribution in [0, 0.1) is 12.3 Å². The van der Waals surface area contributed by atoms with E-state index in [1.165, 1.54) is 35.3 Å². The van der Waals surface area contributed by atoms with Gasteiger partial charge in [-0.1, -0.05) is 46.5 Å². The molecule has 0 saturated carbocycles. The minimum atomic E-state index is -0.275. The van der Waals surface area contributed by atoms with Crippen LogP contribution in [-0.2, 0) is 19.4 Å². The molecular weight excluding hydrogens is 399 g/mol. The smallest absolute Gasteiger partial charge is 0.279 e. The van der Waals surface area contributed by atoms with E-state index in [1.807, 2.05) is 24.3 Å². The number of amides is 1. The Kier molecular flexibility index (Phi) is 5.10. The van der Waals surface area contributed by atoms with Crippen molar-refractivity contribution in [3.8, 4) is 12.3 Å². The molecule has 0 radical (unpaired) electrons. The number of rotatable bonds is 2. The molecule has 0 atom stereocenters. The molecule has 1 heterocycles. The van der Waals surface area contributed by atoms with Gasteiger partial charge in [0.2, 0.25) is 0 Å². The minimum absolute atomic E-state index is 0.260. The van der Waals surface area contributed by atoms with Crippen molar-refractivity contribution in [1.82, 2.24) is 4.57 Å². The highest BCUT2D eigenvalue weighted by molar-refractivity contribution is 7.16. The van der Waals surface area contributed by atoms with Crippen LogP contribution in [0.3, 0.4) is 0 Å². The first-order valence-corrected chi connectivity index (χ1v) is 10.3. The van der Waals surface area contributed by atoms with Crippen LogP contribution in [0.2, 0.25) is 10.0 Å². The maximum Gasteiger partial charge on any atom is 0.279 e. The van der Waals surface area contributed by atoms with Gasteiger partial charge in [-0.2, -0.15) is 4.99 Å². The molecule has 0 fully saturated rings. The second-order valence-electron chi connectivity index (χ2n) is 6.49. The van der Waals surface area contributed by atoms with Crippen LogP contribution >= 0.6 is 34.5 Å². The molecule has 1 aromatic heterocycles. The summed E-state index contributed by atoms with van der Waals surface area (Å²) in [7, 11) is 0. The zero-order chi connectivity index (χ0) is 19.0. The maximum atomic E-state index is 12.8. The van der Waals surface area contributed by atoms with Crippen molar-refractivity contribution in [2.45, 2.75) is 32.2 Å². The number of aryl methyl sites for hydroxylation is 2. The molecule has 1 aliphatic rings. The number of nitrogens with zero attached hydrogens (tertiary/aromatic N) is 2. The molecule has 2 aromatic carbocycles. The van der Waals surface area contributed by atoms with Crippen molar-refractivity contribution >= 4 is 50.7 Å². The van der Waals surface area contributed by atoms with Gasteiger partial charge in [0.15, 0.2) is 4.80 Å². The van der Waals surface area contributed by atoms with Gasteiger partial charge in [0.05, 0.1) is 26.8 Å². The summed E-state index contributed by atoms with van der Waals surface area (Å²) in [6.07, 6.45) is 9.99. The molecule has 3 aromatic rings. The Balaban J connectivity index is 1.83. The van der Waals surface area contributed by atoms with Crippen LogP contribution in [0.5, 0.6) is 0 Å². The number of halogens is 2. The van der Waals surface area contributed by atoms with E-state index in [4.69, 9.17) is 29.6 Å². The third-order valence-corrected chi connectivity index (χ3v) is 6.61. The number of terminal acetylenes is 1. The molecule has 0 unspecified atom stereocenters. The third-order valence-electron chi connectivity index (χ3n) is 4.78. The summed E-state index contributed by atoms with van der Waals surface area (Å²) in [5.41, 5.74) is 3.90. The van der Waals surface area contributed by atoms with Gasteiger partial charge in [-0.3, -0.25) is 4.79 Å². The van der Waals surface area contributed by atoms with Gasteiger partial charge >= 0.3 is 0 Å². The van der Waals surface area contributed by atoms with Crippen LogP contribution < -0.4 is 4.80 Å². The van der Waals surface area contributed by atoms with Crippen molar-refractivity contribution < 1.29 is 4.79 Å². The molecule has 0 aliphatic heterocycles. The fraction of sp³-hybridized carbons (Fsp3) is 0.238. The highest BCUT2D eigenvalue weighted by Gasteiger charge is 2.15. The quantitative estimate of drug-likeness (QED) is 0.526. The number of benzene rings is 2. The molecular formula is C21H16Cl2N2OS. The first kappa shape index (κ1) is 18.3. The number of carbonyl (C=O) groups is 1. The molecule has 3 nitrogen and oxygen atoms in total. The first-order valence-electron chi connectivity index (χ1n) is 8.70. The highest BCUT2D eigenvalue weighted by Crippen LogP contribution is 2.32. The Hall–Kier alpha value is -2.06. The van der Waals surface area contributed by atoms with Crippen molar-refractivity contribution in [3.05, 3.63) is 61.9 Å². The fourth-order valence-electron chi connectivity index (χ4n) is 3.44. The number of hydrogen-bond donors (Lipinski definition) is 0. The van der Waals surface area contributed by atoms with E-state index in [9.17, 15) is 4.79 Å². The molecule has 4 rings (SSSR count). The van der Waals surface area contributed by atoms with Gasteiger partial charge < -0.3 is 4.57 Å². The lowest BCUT2D eigenvalue weighted by atomic mass is 9.90. The molecule has 0 N–H and O–H groups in total. The Morgan fingerprint density at radius 1 is 1.19 bits per heavy atom. The van der Waals surface area contributed by atoms with E-state index in [2.05, 4.69) is 10.9 Å². The van der Waals surface area contributed by atoms with Crippen LogP contribution in [0.1, 0.15) is 34.3 Å². The minimum Gasteiger partial charge on any atom is -0.303 e. The van der Waals surface area contributed by atoms with Gasteiger partial charge in [-0.15, -0.1) is 6.42 Å². The molecule has 1 amide bonds. The molecule has 1 aliphatic carbocycles. The van der Waals surface area contributed by atoms with Crippen LogP contribution in [-0.4, -0.2) is 10.5 Å². The van der Waals surface area contributed by atoms with E-state index in [-0.39, 0.29) is 12.5 Å². The summed E-state index contributed by atoms with van der Waals surface area (Å²) in [6.45, 7) is 0.260. The van der Waals surface area contributed by atoms with Crippen molar-refractivity contribution in [2.24, 2.45) is 4.99 Å². The lowest BCUT2D eigenvalue weighted by Crippen LogP contribution is -2.17. The summed E-state index contributed by atoms with van der Waals surface area (Å²) in [5.74, 6) is 2.32. The predicted octanol–water partition coefficient (Wildman–Crippen LogP) is 5.26. The second kappa shape index (κ2) is 7.52. The van der Waals surface area contributed by atoms with E-state index in [0.717, 1.165) is 17.5 Å². The summed E-state index contributed by atoms with van der Waals surface area (Å²) in [5, 5.41) is 0.864. The third kappa shape index (κ3) is 3.43. The Labute approximate surface area is 171 Å². The zero-order valence-corrected chi connectivity index (χ0v) is 16.8. The molecule has 27 heavy (non-hydrogen) atoms. The Bertz CT molecular complexity index is 1170. The summed E-state index contributed by atoms with van der Waals surface area (Å²) in [6, 6.07) is 9.48. The fourth-order valence-corrected chi connectivity index (χ4v) is 4.96. The number of fused-ring (bicyclic) bond motifs is 2. The van der Waals surface area contributed by atoms with E-state index >= 15 is 0 Å². The molecule has 0 spiro atoms. The monoisotopic (exact) mass is 414 g/mol. The van der Waals surface area contributed by atoms with Gasteiger partial charge in [-0.25, -0.2) is 0 Å². The lowest BCUT2D eigenvalue weighted by molar-refractivity contribution is 0.0998. The van der Waals surface area contributed by atoms with E-state index < -0.39 is 0 Å². The van der Waals surface area contributed by atoms with Crippen LogP contribution in [0.4, 0.5) is 0 Å². The Morgan fingerprint density at radius 2 is 1.96 bits per heavy atom. The molecule has 136 valence electrons. The van der Waals surface area contributed by atoms with Crippen molar-refractivity contribution in [1.29, 1.82) is 0 Å². The predicted molar refractivity (Wildman–Crippen MR) is 112 cm³/mol. The lowest BCUT2D eigenvalue weighted by Gasteiger charge is -2.15. The maximum absolute atomic E-state index is 12.8. The van der Waals surface area contributed by atoms with Crippen molar-refractivity contribution in [2.75, 3.05) is 0 Å². The number of carbonyl (C=O) groups excluding carboxylic acids is 1. The number of hydrogen-bond acceptors (Lipinski definition) is 2. The van der Waals surface area contributed by atoms with Gasteiger partial charge in [-0.05, 0) is 61.1 Å².